The number of aliphatic hydroxyl groups is 2. The maximum absolute atomic E-state index is 13.9. The molecule has 5 rings (SSSR count). The highest BCUT2D eigenvalue weighted by Gasteiger charge is 2.51. The van der Waals surface area contributed by atoms with Crippen LogP contribution in [0.5, 0.6) is 11.5 Å². The number of rotatable bonds is 10. The van der Waals surface area contributed by atoms with E-state index in [1.807, 2.05) is 0 Å². The zero-order valence-electron chi connectivity index (χ0n) is 23.2. The fourth-order valence-corrected chi connectivity index (χ4v) is 6.65. The number of benzene rings is 2. The summed E-state index contributed by atoms with van der Waals surface area (Å²) in [6, 6.07) is 7.34. The van der Waals surface area contributed by atoms with E-state index in [0.29, 0.717) is 50.9 Å². The molecule has 1 aliphatic heterocycles. The lowest BCUT2D eigenvalue weighted by Crippen LogP contribution is -2.55. The van der Waals surface area contributed by atoms with Gasteiger partial charge in [-0.15, -0.1) is 0 Å². The minimum atomic E-state index is -1.23. The number of ether oxygens (including phenoxy) is 2. The standard InChI is InChI=1S/C31H34Cl2N2O7/c1-41-25-12-19(16-37)10-20-27-21(31(40)34-8-9-36)14-24(28(39)30(27)42-29(20)25)35(26(38)13-17-4-2-3-5-17)15-18-6-7-22(32)23(33)11-18/h6-7,10-12,14,16-17,24,27-28,30,36,39H,2-5,8-9,13,15H2,1H3,(H,34,40)/t24-,27+,28+,30+/m1/s1. The minimum absolute atomic E-state index is 0.0137. The highest BCUT2D eigenvalue weighted by molar-refractivity contribution is 6.42. The number of nitrogens with zero attached hydrogens (tertiary/aromatic N) is 1. The van der Waals surface area contributed by atoms with Crippen LogP contribution in [0.2, 0.25) is 10.0 Å². The number of aliphatic hydroxyl groups excluding tert-OH is 2. The predicted octanol–water partition coefficient (Wildman–Crippen LogP) is 4.05. The van der Waals surface area contributed by atoms with Crippen LogP contribution in [0, 0.1) is 5.92 Å². The van der Waals surface area contributed by atoms with Crippen molar-refractivity contribution < 1.29 is 34.1 Å². The second-order valence-electron chi connectivity index (χ2n) is 11.0. The number of amides is 2. The Morgan fingerprint density at radius 3 is 2.60 bits per heavy atom. The SMILES string of the molecule is COc1cc(C=O)cc2c1O[C@@H]1[C@@H](O)[C@H](N(Cc3ccc(Cl)c(Cl)c3)C(=O)CC3CCCC3)C=C(C(=O)NCCO)[C@H]21. The molecule has 2 aromatic carbocycles. The lowest BCUT2D eigenvalue weighted by atomic mass is 9.77. The summed E-state index contributed by atoms with van der Waals surface area (Å²) >= 11 is 12.4. The zero-order chi connectivity index (χ0) is 30.0. The molecule has 9 nitrogen and oxygen atoms in total. The number of hydrogen-bond donors (Lipinski definition) is 3. The fourth-order valence-electron chi connectivity index (χ4n) is 6.33. The highest BCUT2D eigenvalue weighted by Crippen LogP contribution is 2.51. The number of halogens is 2. The largest absolute Gasteiger partial charge is 0.493 e. The topological polar surface area (TPSA) is 125 Å². The predicted molar refractivity (Wildman–Crippen MR) is 157 cm³/mol. The Hall–Kier alpha value is -3.11. The smallest absolute Gasteiger partial charge is 0.247 e. The number of carbonyl (C=O) groups is 3. The van der Waals surface area contributed by atoms with Gasteiger partial charge in [0.25, 0.3) is 0 Å². The van der Waals surface area contributed by atoms with Crippen LogP contribution < -0.4 is 14.8 Å². The number of hydrogen-bond acceptors (Lipinski definition) is 7. The van der Waals surface area contributed by atoms with E-state index >= 15 is 0 Å². The van der Waals surface area contributed by atoms with Gasteiger partial charge in [0.2, 0.25) is 11.8 Å². The van der Waals surface area contributed by atoms with Gasteiger partial charge in [-0.25, -0.2) is 0 Å². The van der Waals surface area contributed by atoms with Gasteiger partial charge in [0.05, 0.1) is 35.7 Å². The summed E-state index contributed by atoms with van der Waals surface area (Å²) in [6.45, 7) is -0.131. The van der Waals surface area contributed by atoms with Crippen LogP contribution in [0.1, 0.15) is 59.5 Å². The van der Waals surface area contributed by atoms with Crippen LogP contribution in [-0.4, -0.2) is 71.7 Å². The van der Waals surface area contributed by atoms with Crippen molar-refractivity contribution in [2.75, 3.05) is 20.3 Å². The van der Waals surface area contributed by atoms with Gasteiger partial charge in [-0.1, -0.05) is 42.1 Å². The van der Waals surface area contributed by atoms with Gasteiger partial charge >= 0.3 is 0 Å². The third-order valence-electron chi connectivity index (χ3n) is 8.37. The van der Waals surface area contributed by atoms with Crippen LogP contribution in [-0.2, 0) is 16.1 Å². The van der Waals surface area contributed by atoms with Crippen molar-refractivity contribution >= 4 is 41.3 Å². The molecule has 1 saturated carbocycles. The molecule has 11 heteroatoms. The van der Waals surface area contributed by atoms with Crippen molar-refractivity contribution in [3.05, 3.63) is 68.7 Å². The Morgan fingerprint density at radius 1 is 1.17 bits per heavy atom. The second-order valence-corrected chi connectivity index (χ2v) is 11.8. The van der Waals surface area contributed by atoms with Crippen LogP contribution in [0.25, 0.3) is 0 Å². The van der Waals surface area contributed by atoms with Crippen LogP contribution >= 0.6 is 23.2 Å². The molecule has 0 aromatic heterocycles. The molecule has 0 radical (unpaired) electrons. The van der Waals surface area contributed by atoms with E-state index in [1.54, 1.807) is 35.2 Å². The van der Waals surface area contributed by atoms with Crippen molar-refractivity contribution in [2.45, 2.75) is 62.8 Å². The van der Waals surface area contributed by atoms with E-state index < -0.39 is 30.1 Å². The second kappa shape index (κ2) is 13.0. The highest BCUT2D eigenvalue weighted by atomic mass is 35.5. The number of methoxy groups -OCH3 is 1. The monoisotopic (exact) mass is 616 g/mol. The molecule has 1 heterocycles. The van der Waals surface area contributed by atoms with Crippen molar-refractivity contribution in [3.8, 4) is 11.5 Å². The molecule has 0 bridgehead atoms. The first-order valence-electron chi connectivity index (χ1n) is 14.1. The molecule has 2 aromatic rings. The summed E-state index contributed by atoms with van der Waals surface area (Å²) in [4.78, 5) is 40.7. The summed E-state index contributed by atoms with van der Waals surface area (Å²) in [5.74, 6) is -0.495. The third-order valence-corrected chi connectivity index (χ3v) is 9.11. The molecule has 0 spiro atoms. The molecule has 0 unspecified atom stereocenters. The average Bonchev–Trinajstić information content (AvgIpc) is 3.64. The summed E-state index contributed by atoms with van der Waals surface area (Å²) < 4.78 is 11.8. The maximum atomic E-state index is 13.9. The molecular formula is C31H34Cl2N2O7. The molecule has 1 fully saturated rings. The average molecular weight is 618 g/mol. The summed E-state index contributed by atoms with van der Waals surface area (Å²) in [6.07, 6.45) is 4.51. The lowest BCUT2D eigenvalue weighted by Gasteiger charge is -2.41. The Balaban J connectivity index is 1.58. The molecule has 42 heavy (non-hydrogen) atoms. The first-order valence-corrected chi connectivity index (χ1v) is 14.9. The Bertz CT molecular complexity index is 1390. The number of fused-ring (bicyclic) bond motifs is 3. The quantitative estimate of drug-likeness (QED) is 0.344. The van der Waals surface area contributed by atoms with Crippen molar-refractivity contribution in [1.82, 2.24) is 10.2 Å². The van der Waals surface area contributed by atoms with E-state index in [2.05, 4.69) is 5.32 Å². The van der Waals surface area contributed by atoms with Crippen molar-refractivity contribution in [1.29, 1.82) is 0 Å². The summed E-state index contributed by atoms with van der Waals surface area (Å²) in [5.41, 5.74) is 1.83. The van der Waals surface area contributed by atoms with Crippen LogP contribution in [0.3, 0.4) is 0 Å². The lowest BCUT2D eigenvalue weighted by molar-refractivity contribution is -0.139. The van der Waals surface area contributed by atoms with Crippen molar-refractivity contribution in [2.24, 2.45) is 5.92 Å². The molecule has 3 N–H and O–H groups in total. The van der Waals surface area contributed by atoms with Gasteiger partial charge < -0.3 is 29.9 Å². The minimum Gasteiger partial charge on any atom is -0.493 e. The Morgan fingerprint density at radius 2 is 1.93 bits per heavy atom. The van der Waals surface area contributed by atoms with Gasteiger partial charge in [-0.3, -0.25) is 14.4 Å². The van der Waals surface area contributed by atoms with Gasteiger partial charge in [0, 0.05) is 36.2 Å². The van der Waals surface area contributed by atoms with Crippen LogP contribution in [0.15, 0.2) is 42.0 Å². The molecule has 2 aliphatic carbocycles. The van der Waals surface area contributed by atoms with Crippen LogP contribution in [0.4, 0.5) is 0 Å². The van der Waals surface area contributed by atoms with E-state index in [0.717, 1.165) is 25.7 Å². The Labute approximate surface area is 254 Å². The van der Waals surface area contributed by atoms with E-state index in [4.69, 9.17) is 32.7 Å². The maximum Gasteiger partial charge on any atom is 0.247 e. The normalized spacial score (nSPS) is 22.9. The molecule has 3 aliphatic rings. The van der Waals surface area contributed by atoms with Gasteiger partial charge in [0.15, 0.2) is 11.5 Å². The molecule has 0 saturated heterocycles. The molecule has 4 atom stereocenters. The first kappa shape index (κ1) is 30.4. The number of aldehydes is 1. The van der Waals surface area contributed by atoms with Gasteiger partial charge in [-0.05, 0) is 54.7 Å². The number of carbonyl (C=O) groups excluding carboxylic acids is 3. The fraction of sp³-hybridized carbons (Fsp3) is 0.452. The Kier molecular flexibility index (Phi) is 9.42. The molecule has 2 amide bonds. The van der Waals surface area contributed by atoms with Crippen molar-refractivity contribution in [3.63, 3.8) is 0 Å². The molecular weight excluding hydrogens is 583 g/mol. The first-order chi connectivity index (χ1) is 20.2. The van der Waals surface area contributed by atoms with E-state index in [1.165, 1.54) is 13.2 Å². The summed E-state index contributed by atoms with van der Waals surface area (Å²) in [7, 11) is 1.44. The van der Waals surface area contributed by atoms with E-state index in [9.17, 15) is 24.6 Å². The third kappa shape index (κ3) is 6.01. The zero-order valence-corrected chi connectivity index (χ0v) is 24.7. The van der Waals surface area contributed by atoms with Gasteiger partial charge in [-0.2, -0.15) is 0 Å². The summed E-state index contributed by atoms with van der Waals surface area (Å²) in [5, 5.41) is 24.6. The van der Waals surface area contributed by atoms with E-state index in [-0.39, 0.29) is 37.1 Å². The number of nitrogens with one attached hydrogen (secondary N) is 1. The van der Waals surface area contributed by atoms with Gasteiger partial charge in [0.1, 0.15) is 18.5 Å². The molecule has 224 valence electrons.